The number of methoxy groups -OCH3 is 2. The Bertz CT molecular complexity index is 464. The van der Waals surface area contributed by atoms with Gasteiger partial charge >= 0.3 is 5.97 Å². The summed E-state index contributed by atoms with van der Waals surface area (Å²) in [6.45, 7) is 0.173. The number of carbonyl (C=O) groups is 1. The Morgan fingerprint density at radius 1 is 1.41 bits per heavy atom. The molecule has 0 aromatic heterocycles. The first-order valence-corrected chi connectivity index (χ1v) is 5.03. The van der Waals surface area contributed by atoms with Crippen LogP contribution in [0.4, 0.5) is 0 Å². The molecule has 0 spiro atoms. The van der Waals surface area contributed by atoms with Crippen LogP contribution in [0.3, 0.4) is 0 Å². The molecule has 0 radical (unpaired) electrons. The Morgan fingerprint density at radius 3 is 2.59 bits per heavy atom. The van der Waals surface area contributed by atoms with E-state index in [0.29, 0.717) is 22.4 Å². The number of hydrogen-bond acceptors (Lipinski definition) is 5. The van der Waals surface area contributed by atoms with Crippen molar-refractivity contribution in [2.24, 2.45) is 5.73 Å². The van der Waals surface area contributed by atoms with Gasteiger partial charge in [-0.2, -0.15) is 5.26 Å². The van der Waals surface area contributed by atoms with Crippen LogP contribution in [-0.4, -0.2) is 20.2 Å². The van der Waals surface area contributed by atoms with Crippen LogP contribution in [-0.2, 0) is 22.5 Å². The molecule has 0 heterocycles. The van der Waals surface area contributed by atoms with Gasteiger partial charge < -0.3 is 15.2 Å². The highest BCUT2D eigenvalue weighted by atomic mass is 16.5. The Kier molecular flexibility index (Phi) is 4.49. The molecule has 0 atom stereocenters. The van der Waals surface area contributed by atoms with Gasteiger partial charge in [0.1, 0.15) is 5.75 Å². The number of hydrogen-bond donors (Lipinski definition) is 1. The van der Waals surface area contributed by atoms with E-state index in [1.165, 1.54) is 14.2 Å². The topological polar surface area (TPSA) is 85.3 Å². The molecule has 2 N–H and O–H groups in total. The zero-order valence-electron chi connectivity index (χ0n) is 9.82. The van der Waals surface area contributed by atoms with E-state index in [4.69, 9.17) is 15.7 Å². The van der Waals surface area contributed by atoms with Gasteiger partial charge in [0.25, 0.3) is 0 Å². The lowest BCUT2D eigenvalue weighted by Crippen LogP contribution is -2.12. The fraction of sp³-hybridized carbons (Fsp3) is 0.333. The van der Waals surface area contributed by atoms with Crippen LogP contribution in [0.2, 0.25) is 0 Å². The van der Waals surface area contributed by atoms with Crippen molar-refractivity contribution in [2.75, 3.05) is 14.2 Å². The first kappa shape index (κ1) is 13.0. The van der Waals surface area contributed by atoms with Gasteiger partial charge in [-0.05, 0) is 17.7 Å². The molecule has 1 aromatic carbocycles. The van der Waals surface area contributed by atoms with E-state index in [1.54, 1.807) is 12.1 Å². The van der Waals surface area contributed by atoms with E-state index in [-0.39, 0.29) is 13.0 Å². The van der Waals surface area contributed by atoms with Gasteiger partial charge in [-0.15, -0.1) is 0 Å². The highest BCUT2D eigenvalue weighted by Gasteiger charge is 2.16. The molecular formula is C12H14N2O3. The largest absolute Gasteiger partial charge is 0.496 e. The average molecular weight is 234 g/mol. The first-order chi connectivity index (χ1) is 8.17. The average Bonchev–Trinajstić information content (AvgIpc) is 2.37. The van der Waals surface area contributed by atoms with Crippen LogP contribution in [0, 0.1) is 11.3 Å². The van der Waals surface area contributed by atoms with Gasteiger partial charge in [0.2, 0.25) is 0 Å². The number of esters is 1. The van der Waals surface area contributed by atoms with Crippen molar-refractivity contribution in [1.82, 2.24) is 0 Å². The van der Waals surface area contributed by atoms with Crippen LogP contribution in [0.15, 0.2) is 12.1 Å². The summed E-state index contributed by atoms with van der Waals surface area (Å²) in [5.74, 6) is 0.142. The fourth-order valence-electron chi connectivity index (χ4n) is 1.61. The molecule has 0 saturated heterocycles. The third-order valence-electron chi connectivity index (χ3n) is 2.48. The third kappa shape index (κ3) is 2.74. The first-order valence-electron chi connectivity index (χ1n) is 5.03. The van der Waals surface area contributed by atoms with Gasteiger partial charge in [0.05, 0.1) is 32.3 Å². The molecular weight excluding hydrogens is 220 g/mol. The number of nitriles is 1. The fourth-order valence-corrected chi connectivity index (χ4v) is 1.61. The number of ether oxygens (including phenoxy) is 2. The van der Waals surface area contributed by atoms with Gasteiger partial charge in [0, 0.05) is 12.1 Å². The van der Waals surface area contributed by atoms with Gasteiger partial charge in [0.15, 0.2) is 0 Å². The summed E-state index contributed by atoms with van der Waals surface area (Å²) in [7, 11) is 2.81. The quantitative estimate of drug-likeness (QED) is 0.776. The van der Waals surface area contributed by atoms with Crippen molar-refractivity contribution < 1.29 is 14.3 Å². The highest BCUT2D eigenvalue weighted by molar-refractivity contribution is 5.74. The highest BCUT2D eigenvalue weighted by Crippen LogP contribution is 2.26. The van der Waals surface area contributed by atoms with Gasteiger partial charge in [-0.3, -0.25) is 4.79 Å². The molecule has 5 nitrogen and oxygen atoms in total. The molecule has 1 aromatic rings. The molecule has 0 unspecified atom stereocenters. The minimum absolute atomic E-state index is 0.0434. The second kappa shape index (κ2) is 5.87. The van der Waals surface area contributed by atoms with Crippen molar-refractivity contribution >= 4 is 5.97 Å². The minimum Gasteiger partial charge on any atom is -0.496 e. The number of nitrogens with zero attached hydrogens (tertiary/aromatic N) is 1. The smallest absolute Gasteiger partial charge is 0.310 e. The zero-order chi connectivity index (χ0) is 12.8. The third-order valence-corrected chi connectivity index (χ3v) is 2.48. The summed E-state index contributed by atoms with van der Waals surface area (Å²) in [5.41, 5.74) is 7.29. The number of rotatable bonds is 4. The lowest BCUT2D eigenvalue weighted by Gasteiger charge is -2.13. The van der Waals surface area contributed by atoms with Crippen molar-refractivity contribution in [1.29, 1.82) is 5.26 Å². The number of carbonyl (C=O) groups excluding carboxylic acids is 1. The Morgan fingerprint density at radius 2 is 2.12 bits per heavy atom. The molecule has 0 amide bonds. The Balaban J connectivity index is 3.30. The molecule has 0 aliphatic rings. The second-order valence-electron chi connectivity index (χ2n) is 3.34. The minimum atomic E-state index is -0.395. The molecule has 17 heavy (non-hydrogen) atoms. The molecule has 90 valence electrons. The number of nitrogens with two attached hydrogens (primary N) is 1. The van der Waals surface area contributed by atoms with E-state index >= 15 is 0 Å². The normalized spacial score (nSPS) is 9.53. The van der Waals surface area contributed by atoms with Crippen LogP contribution in [0.25, 0.3) is 0 Å². The summed E-state index contributed by atoms with van der Waals surface area (Å²) in [4.78, 5) is 11.3. The van der Waals surface area contributed by atoms with E-state index in [1.807, 2.05) is 6.07 Å². The van der Waals surface area contributed by atoms with Crippen LogP contribution >= 0.6 is 0 Å². The summed E-state index contributed by atoms with van der Waals surface area (Å²) in [6.07, 6.45) is 0.0434. The zero-order valence-corrected chi connectivity index (χ0v) is 9.82. The van der Waals surface area contributed by atoms with E-state index < -0.39 is 5.97 Å². The SMILES string of the molecule is COC(=O)Cc1c(OC)ccc(C#N)c1CN. The molecule has 0 saturated carbocycles. The standard InChI is InChI=1S/C12H14N2O3/c1-16-11-4-3-8(6-13)10(7-14)9(11)5-12(15)17-2/h3-4H,5,7,14H2,1-2H3. The van der Waals surface area contributed by atoms with E-state index in [2.05, 4.69) is 4.74 Å². The molecule has 0 fully saturated rings. The maximum atomic E-state index is 11.3. The molecule has 0 bridgehead atoms. The second-order valence-corrected chi connectivity index (χ2v) is 3.34. The molecule has 0 aliphatic heterocycles. The van der Waals surface area contributed by atoms with Gasteiger partial charge in [-0.1, -0.05) is 0 Å². The maximum absolute atomic E-state index is 11.3. The molecule has 5 heteroatoms. The van der Waals surface area contributed by atoms with Crippen molar-refractivity contribution in [3.63, 3.8) is 0 Å². The van der Waals surface area contributed by atoms with Gasteiger partial charge in [-0.25, -0.2) is 0 Å². The lowest BCUT2D eigenvalue weighted by atomic mass is 9.98. The van der Waals surface area contributed by atoms with Crippen LogP contribution < -0.4 is 10.5 Å². The predicted molar refractivity (Wildman–Crippen MR) is 61.3 cm³/mol. The Hall–Kier alpha value is -2.06. The molecule has 1 rings (SSSR count). The molecule has 0 aliphatic carbocycles. The summed E-state index contributed by atoms with van der Waals surface area (Å²) in [5, 5.41) is 8.97. The summed E-state index contributed by atoms with van der Waals surface area (Å²) in [6, 6.07) is 5.32. The summed E-state index contributed by atoms with van der Waals surface area (Å²) < 4.78 is 9.77. The monoisotopic (exact) mass is 234 g/mol. The maximum Gasteiger partial charge on any atom is 0.310 e. The van der Waals surface area contributed by atoms with Crippen LogP contribution in [0.5, 0.6) is 5.75 Å². The van der Waals surface area contributed by atoms with Crippen molar-refractivity contribution in [3.8, 4) is 11.8 Å². The Labute approximate surface area is 99.7 Å². The van der Waals surface area contributed by atoms with E-state index in [0.717, 1.165) is 0 Å². The predicted octanol–water partition coefficient (Wildman–Crippen LogP) is 0.741. The number of benzene rings is 1. The lowest BCUT2D eigenvalue weighted by molar-refractivity contribution is -0.139. The van der Waals surface area contributed by atoms with Crippen LogP contribution in [0.1, 0.15) is 16.7 Å². The van der Waals surface area contributed by atoms with E-state index in [9.17, 15) is 4.79 Å². The summed E-state index contributed by atoms with van der Waals surface area (Å²) >= 11 is 0. The van der Waals surface area contributed by atoms with Crippen molar-refractivity contribution in [2.45, 2.75) is 13.0 Å². The van der Waals surface area contributed by atoms with Crippen molar-refractivity contribution in [3.05, 3.63) is 28.8 Å².